The largest absolute Gasteiger partial charge is 0.0645 e. The third-order valence-electron chi connectivity index (χ3n) is 3.85. The Morgan fingerprint density at radius 3 is 2.39 bits per heavy atom. The van der Waals surface area contributed by atoms with Crippen LogP contribution in [0.15, 0.2) is 48.5 Å². The fourth-order valence-electron chi connectivity index (χ4n) is 2.87. The third kappa shape index (κ3) is 1.78. The van der Waals surface area contributed by atoms with Crippen molar-refractivity contribution in [3.8, 4) is 0 Å². The highest BCUT2D eigenvalue weighted by atomic mass is 14.3. The number of aryl methyl sites for hydroxylation is 1. The van der Waals surface area contributed by atoms with Crippen molar-refractivity contribution in [1.82, 2.24) is 0 Å². The van der Waals surface area contributed by atoms with Crippen LogP contribution in [0, 0.1) is 6.92 Å². The Morgan fingerprint density at radius 1 is 0.944 bits per heavy atom. The van der Waals surface area contributed by atoms with Crippen LogP contribution in [0.25, 0.3) is 11.6 Å². The molecular weight excluding hydrogens is 216 g/mol. The van der Waals surface area contributed by atoms with E-state index < -0.39 is 0 Å². The SMILES string of the molecule is CCC1C(c2ccc(C)cc2)=Cc2ccccc21. The summed E-state index contributed by atoms with van der Waals surface area (Å²) >= 11 is 0. The van der Waals surface area contributed by atoms with Gasteiger partial charge >= 0.3 is 0 Å². The molecule has 1 aliphatic rings. The van der Waals surface area contributed by atoms with Crippen molar-refractivity contribution in [3.05, 3.63) is 70.8 Å². The van der Waals surface area contributed by atoms with Crippen molar-refractivity contribution in [3.63, 3.8) is 0 Å². The summed E-state index contributed by atoms with van der Waals surface area (Å²) in [5.41, 5.74) is 7.03. The Labute approximate surface area is 109 Å². The normalized spacial score (nSPS) is 17.4. The second kappa shape index (κ2) is 4.45. The molecular formula is C18H18. The van der Waals surface area contributed by atoms with Gasteiger partial charge in [0.25, 0.3) is 0 Å². The lowest BCUT2D eigenvalue weighted by Gasteiger charge is -2.15. The zero-order chi connectivity index (χ0) is 12.5. The zero-order valence-electron chi connectivity index (χ0n) is 11.0. The van der Waals surface area contributed by atoms with E-state index in [4.69, 9.17) is 0 Å². The van der Waals surface area contributed by atoms with E-state index in [-0.39, 0.29) is 0 Å². The number of hydrogen-bond acceptors (Lipinski definition) is 0. The summed E-state index contributed by atoms with van der Waals surface area (Å²) in [5.74, 6) is 0.559. The fourth-order valence-corrected chi connectivity index (χ4v) is 2.87. The Hall–Kier alpha value is -1.82. The number of allylic oxidation sites excluding steroid dienone is 1. The molecule has 0 amide bonds. The summed E-state index contributed by atoms with van der Waals surface area (Å²) < 4.78 is 0. The van der Waals surface area contributed by atoms with Gasteiger partial charge in [-0.1, -0.05) is 67.1 Å². The van der Waals surface area contributed by atoms with Crippen LogP contribution < -0.4 is 0 Å². The minimum absolute atomic E-state index is 0.559. The minimum Gasteiger partial charge on any atom is -0.0645 e. The molecule has 18 heavy (non-hydrogen) atoms. The Morgan fingerprint density at radius 2 is 1.67 bits per heavy atom. The first-order chi connectivity index (χ1) is 8.79. The van der Waals surface area contributed by atoms with E-state index in [1.807, 2.05) is 0 Å². The van der Waals surface area contributed by atoms with Gasteiger partial charge in [0.1, 0.15) is 0 Å². The van der Waals surface area contributed by atoms with E-state index in [9.17, 15) is 0 Å². The van der Waals surface area contributed by atoms with Gasteiger partial charge in [-0.3, -0.25) is 0 Å². The first-order valence-corrected chi connectivity index (χ1v) is 6.67. The van der Waals surface area contributed by atoms with E-state index in [0.717, 1.165) is 6.42 Å². The maximum atomic E-state index is 2.36. The lowest BCUT2D eigenvalue weighted by atomic mass is 9.89. The molecule has 0 saturated carbocycles. The van der Waals surface area contributed by atoms with Crippen molar-refractivity contribution in [2.45, 2.75) is 26.2 Å². The van der Waals surface area contributed by atoms with Crippen LogP contribution in [-0.2, 0) is 0 Å². The van der Waals surface area contributed by atoms with Gasteiger partial charge in [-0.15, -0.1) is 0 Å². The molecule has 0 nitrogen and oxygen atoms in total. The molecule has 0 aliphatic heterocycles. The predicted octanol–water partition coefficient (Wildman–Crippen LogP) is 5.04. The Kier molecular flexibility index (Phi) is 2.79. The van der Waals surface area contributed by atoms with Gasteiger partial charge < -0.3 is 0 Å². The molecule has 1 atom stereocenters. The molecule has 0 N–H and O–H groups in total. The molecule has 0 heteroatoms. The van der Waals surface area contributed by atoms with Crippen LogP contribution >= 0.6 is 0 Å². The highest BCUT2D eigenvalue weighted by molar-refractivity contribution is 5.91. The molecule has 3 rings (SSSR count). The summed E-state index contributed by atoms with van der Waals surface area (Å²) in [6, 6.07) is 17.6. The lowest BCUT2D eigenvalue weighted by Crippen LogP contribution is -1.96. The van der Waals surface area contributed by atoms with E-state index in [0.29, 0.717) is 5.92 Å². The van der Waals surface area contributed by atoms with Crippen molar-refractivity contribution in [2.75, 3.05) is 0 Å². The predicted molar refractivity (Wildman–Crippen MR) is 78.5 cm³/mol. The van der Waals surface area contributed by atoms with Gasteiger partial charge in [0.2, 0.25) is 0 Å². The first kappa shape index (κ1) is 11.3. The number of rotatable bonds is 2. The van der Waals surface area contributed by atoms with Crippen LogP contribution in [0.4, 0.5) is 0 Å². The highest BCUT2D eigenvalue weighted by Gasteiger charge is 2.23. The molecule has 0 aromatic heterocycles. The van der Waals surface area contributed by atoms with Gasteiger partial charge in [-0.2, -0.15) is 0 Å². The molecule has 0 fully saturated rings. The third-order valence-corrected chi connectivity index (χ3v) is 3.85. The number of benzene rings is 2. The second-order valence-electron chi connectivity index (χ2n) is 5.06. The molecule has 2 aromatic carbocycles. The van der Waals surface area contributed by atoms with Crippen molar-refractivity contribution in [2.24, 2.45) is 0 Å². The summed E-state index contributed by atoms with van der Waals surface area (Å²) in [6.45, 7) is 4.41. The maximum absolute atomic E-state index is 2.36. The molecule has 0 bridgehead atoms. The summed E-state index contributed by atoms with van der Waals surface area (Å²) in [6.07, 6.45) is 3.52. The van der Waals surface area contributed by atoms with E-state index in [1.54, 1.807) is 0 Å². The standard InChI is InChI=1S/C18H18/c1-3-16-17-7-5-4-6-15(17)12-18(16)14-10-8-13(2)9-11-14/h4-12,16H,3H2,1-2H3. The quantitative estimate of drug-likeness (QED) is 0.682. The highest BCUT2D eigenvalue weighted by Crippen LogP contribution is 2.43. The molecule has 1 unspecified atom stereocenters. The maximum Gasteiger partial charge on any atom is 0.00988 e. The van der Waals surface area contributed by atoms with Gasteiger partial charge in [-0.25, -0.2) is 0 Å². The van der Waals surface area contributed by atoms with Gasteiger partial charge in [0.15, 0.2) is 0 Å². The fraction of sp³-hybridized carbons (Fsp3) is 0.222. The second-order valence-corrected chi connectivity index (χ2v) is 5.06. The first-order valence-electron chi connectivity index (χ1n) is 6.67. The van der Waals surface area contributed by atoms with Gasteiger partial charge in [0.05, 0.1) is 0 Å². The summed E-state index contributed by atoms with van der Waals surface area (Å²) in [4.78, 5) is 0. The van der Waals surface area contributed by atoms with Gasteiger partial charge in [0, 0.05) is 5.92 Å². The van der Waals surface area contributed by atoms with Crippen LogP contribution in [-0.4, -0.2) is 0 Å². The topological polar surface area (TPSA) is 0 Å². The number of fused-ring (bicyclic) bond motifs is 1. The van der Waals surface area contributed by atoms with Gasteiger partial charge in [-0.05, 0) is 35.6 Å². The average molecular weight is 234 g/mol. The summed E-state index contributed by atoms with van der Waals surface area (Å²) in [7, 11) is 0. The molecule has 0 spiro atoms. The van der Waals surface area contributed by atoms with Crippen LogP contribution in [0.1, 0.15) is 41.5 Å². The Balaban J connectivity index is 2.06. The number of hydrogen-bond donors (Lipinski definition) is 0. The van der Waals surface area contributed by atoms with Crippen LogP contribution in [0.5, 0.6) is 0 Å². The average Bonchev–Trinajstić information content (AvgIpc) is 2.78. The molecule has 0 radical (unpaired) electrons. The molecule has 2 aromatic rings. The van der Waals surface area contributed by atoms with Crippen LogP contribution in [0.2, 0.25) is 0 Å². The lowest BCUT2D eigenvalue weighted by molar-refractivity contribution is 0.834. The van der Waals surface area contributed by atoms with Crippen LogP contribution in [0.3, 0.4) is 0 Å². The zero-order valence-corrected chi connectivity index (χ0v) is 11.0. The van der Waals surface area contributed by atoms with E-state index >= 15 is 0 Å². The minimum atomic E-state index is 0.559. The monoisotopic (exact) mass is 234 g/mol. The smallest absolute Gasteiger partial charge is 0.00988 e. The van der Waals surface area contributed by atoms with E-state index in [2.05, 4.69) is 68.5 Å². The van der Waals surface area contributed by atoms with Crippen molar-refractivity contribution in [1.29, 1.82) is 0 Å². The van der Waals surface area contributed by atoms with Crippen molar-refractivity contribution >= 4 is 11.6 Å². The van der Waals surface area contributed by atoms with Crippen molar-refractivity contribution < 1.29 is 0 Å². The Bertz CT molecular complexity index is 588. The molecule has 90 valence electrons. The van der Waals surface area contributed by atoms with E-state index in [1.165, 1.54) is 27.8 Å². The summed E-state index contributed by atoms with van der Waals surface area (Å²) in [5, 5.41) is 0. The molecule has 0 heterocycles. The molecule has 1 aliphatic carbocycles. The molecule has 0 saturated heterocycles.